The zero-order valence-electron chi connectivity index (χ0n) is 17.1. The molecular formula is C21H27N3O3S. The molecule has 0 radical (unpaired) electrons. The minimum Gasteiger partial charge on any atom is -0.497 e. The molecule has 1 aliphatic heterocycles. The lowest BCUT2D eigenvalue weighted by Gasteiger charge is -2.26. The fourth-order valence-corrected chi connectivity index (χ4v) is 4.32. The zero-order valence-corrected chi connectivity index (χ0v) is 17.9. The Morgan fingerprint density at radius 2 is 1.89 bits per heavy atom. The number of likely N-dealkylation sites (tertiary alicyclic amines) is 1. The van der Waals surface area contributed by atoms with E-state index in [9.17, 15) is 4.79 Å². The molecule has 0 bridgehead atoms. The third kappa shape index (κ3) is 4.24. The molecule has 28 heavy (non-hydrogen) atoms. The molecule has 7 heteroatoms. The third-order valence-electron chi connectivity index (χ3n) is 5.31. The second kappa shape index (κ2) is 8.82. The van der Waals surface area contributed by atoms with E-state index < -0.39 is 0 Å². The Kier molecular flexibility index (Phi) is 6.44. The van der Waals surface area contributed by atoms with Crippen LogP contribution >= 0.6 is 11.8 Å². The predicted octanol–water partition coefficient (Wildman–Crippen LogP) is 3.87. The van der Waals surface area contributed by atoms with Gasteiger partial charge in [0.05, 0.1) is 26.0 Å². The lowest BCUT2D eigenvalue weighted by molar-refractivity contribution is -0.129. The minimum atomic E-state index is 0.000517. The van der Waals surface area contributed by atoms with Gasteiger partial charge in [0.2, 0.25) is 5.91 Å². The topological polar surface area (TPSA) is 64.6 Å². The van der Waals surface area contributed by atoms with Crippen molar-refractivity contribution in [2.75, 3.05) is 26.5 Å². The molecule has 0 N–H and O–H groups in total. The largest absolute Gasteiger partial charge is 0.497 e. The number of nitrogens with zero attached hydrogens (tertiary/aromatic N) is 3. The molecule has 1 atom stereocenters. The number of ether oxygens (including phenoxy) is 2. The van der Waals surface area contributed by atoms with Gasteiger partial charge in [0.15, 0.2) is 5.16 Å². The number of amides is 1. The number of carbonyl (C=O) groups is 1. The van der Waals surface area contributed by atoms with Crippen LogP contribution in [0.3, 0.4) is 0 Å². The molecule has 0 unspecified atom stereocenters. The van der Waals surface area contributed by atoms with Crippen molar-refractivity contribution in [2.24, 2.45) is 0 Å². The molecule has 1 aliphatic rings. The van der Waals surface area contributed by atoms with Crippen LogP contribution in [0.2, 0.25) is 0 Å². The second-order valence-corrected chi connectivity index (χ2v) is 7.89. The predicted molar refractivity (Wildman–Crippen MR) is 110 cm³/mol. The number of carbonyl (C=O) groups excluding carboxylic acids is 1. The number of hydrogen-bond acceptors (Lipinski definition) is 6. The molecule has 1 aromatic heterocycles. The average Bonchev–Trinajstić information content (AvgIpc) is 3.19. The summed E-state index contributed by atoms with van der Waals surface area (Å²) in [6, 6.07) is 5.74. The van der Waals surface area contributed by atoms with Gasteiger partial charge in [-0.25, -0.2) is 9.97 Å². The van der Waals surface area contributed by atoms with Crippen molar-refractivity contribution in [3.05, 3.63) is 40.7 Å². The molecule has 0 saturated carbocycles. The molecule has 0 aliphatic carbocycles. The van der Waals surface area contributed by atoms with E-state index in [4.69, 9.17) is 9.47 Å². The third-order valence-corrected chi connectivity index (χ3v) is 6.14. The molecule has 0 spiro atoms. The summed E-state index contributed by atoms with van der Waals surface area (Å²) in [5.41, 5.74) is 4.02. The van der Waals surface area contributed by atoms with E-state index >= 15 is 0 Å². The fraction of sp³-hybridized carbons (Fsp3) is 0.476. The van der Waals surface area contributed by atoms with E-state index in [0.717, 1.165) is 53.4 Å². The van der Waals surface area contributed by atoms with Gasteiger partial charge >= 0.3 is 0 Å². The van der Waals surface area contributed by atoms with Crippen molar-refractivity contribution in [1.29, 1.82) is 0 Å². The van der Waals surface area contributed by atoms with E-state index in [1.165, 1.54) is 11.8 Å². The average molecular weight is 402 g/mol. The summed E-state index contributed by atoms with van der Waals surface area (Å²) in [7, 11) is 3.30. The van der Waals surface area contributed by atoms with Gasteiger partial charge in [-0.1, -0.05) is 11.8 Å². The first kappa shape index (κ1) is 20.5. The van der Waals surface area contributed by atoms with Crippen molar-refractivity contribution in [1.82, 2.24) is 14.9 Å². The van der Waals surface area contributed by atoms with Crippen LogP contribution in [0.4, 0.5) is 0 Å². The van der Waals surface area contributed by atoms with E-state index in [2.05, 4.69) is 9.97 Å². The van der Waals surface area contributed by atoms with Gasteiger partial charge in [-0.05, 0) is 57.4 Å². The Hall–Kier alpha value is -2.28. The van der Waals surface area contributed by atoms with Crippen molar-refractivity contribution >= 4 is 17.7 Å². The normalized spacial score (nSPS) is 16.3. The minimum absolute atomic E-state index is 0.000517. The summed E-state index contributed by atoms with van der Waals surface area (Å²) >= 11 is 1.40. The highest BCUT2D eigenvalue weighted by Crippen LogP contribution is 2.39. The number of thioether (sulfide) groups is 1. The first-order chi connectivity index (χ1) is 13.4. The van der Waals surface area contributed by atoms with E-state index in [0.29, 0.717) is 10.9 Å². The fourth-order valence-electron chi connectivity index (χ4n) is 3.50. The van der Waals surface area contributed by atoms with Gasteiger partial charge in [0, 0.05) is 23.5 Å². The summed E-state index contributed by atoms with van der Waals surface area (Å²) in [4.78, 5) is 23.9. The van der Waals surface area contributed by atoms with Gasteiger partial charge in [0.1, 0.15) is 11.5 Å². The van der Waals surface area contributed by atoms with Crippen molar-refractivity contribution < 1.29 is 14.3 Å². The summed E-state index contributed by atoms with van der Waals surface area (Å²) in [6.07, 6.45) is 1.89. The summed E-state index contributed by atoms with van der Waals surface area (Å²) in [5.74, 6) is 1.97. The Balaban J connectivity index is 1.75. The van der Waals surface area contributed by atoms with E-state index in [1.54, 1.807) is 14.2 Å². The monoisotopic (exact) mass is 401 g/mol. The summed E-state index contributed by atoms with van der Waals surface area (Å²) in [5, 5.41) is 0.656. The highest BCUT2D eigenvalue weighted by Gasteiger charge is 2.32. The molecule has 1 aromatic carbocycles. The van der Waals surface area contributed by atoms with Crippen LogP contribution in [0, 0.1) is 20.8 Å². The van der Waals surface area contributed by atoms with Crippen LogP contribution < -0.4 is 9.47 Å². The van der Waals surface area contributed by atoms with Crippen LogP contribution in [0.25, 0.3) is 0 Å². The number of aryl methyl sites for hydroxylation is 2. The number of rotatable bonds is 6. The first-order valence-electron chi connectivity index (χ1n) is 9.40. The first-order valence-corrected chi connectivity index (χ1v) is 10.4. The van der Waals surface area contributed by atoms with E-state index in [1.807, 2.05) is 43.9 Å². The molecule has 1 amide bonds. The van der Waals surface area contributed by atoms with Crippen molar-refractivity contribution in [3.63, 3.8) is 0 Å². The SMILES string of the molecule is COc1ccc(OC)c([C@@H]2CCCN2C(=O)CSc2nc(C)c(C)c(C)n2)c1. The molecule has 3 rings (SSSR count). The molecule has 1 saturated heterocycles. The van der Waals surface area contributed by atoms with Crippen molar-refractivity contribution in [2.45, 2.75) is 44.8 Å². The molecule has 2 aromatic rings. The molecule has 6 nitrogen and oxygen atoms in total. The lowest BCUT2D eigenvalue weighted by Crippen LogP contribution is -2.32. The highest BCUT2D eigenvalue weighted by atomic mass is 32.2. The maximum atomic E-state index is 13.0. The van der Waals surface area contributed by atoms with Gasteiger partial charge < -0.3 is 14.4 Å². The maximum absolute atomic E-state index is 13.0. The number of benzene rings is 1. The lowest BCUT2D eigenvalue weighted by atomic mass is 10.0. The van der Waals surface area contributed by atoms with Crippen LogP contribution in [-0.4, -0.2) is 47.3 Å². The number of hydrogen-bond donors (Lipinski definition) is 0. The maximum Gasteiger partial charge on any atom is 0.233 e. The van der Waals surface area contributed by atoms with E-state index in [-0.39, 0.29) is 11.9 Å². The molecule has 1 fully saturated rings. The number of aromatic nitrogens is 2. The Bertz CT molecular complexity index is 849. The highest BCUT2D eigenvalue weighted by molar-refractivity contribution is 7.99. The Labute approximate surface area is 170 Å². The van der Waals surface area contributed by atoms with Gasteiger partial charge in [0.25, 0.3) is 0 Å². The standard InChI is InChI=1S/C21H27N3O3S/c1-13-14(2)22-21(23-15(13)3)28-12-20(25)24-10-6-7-18(24)17-11-16(26-4)8-9-19(17)27-5/h8-9,11,18H,6-7,10,12H2,1-5H3/t18-/m0/s1. The smallest absolute Gasteiger partial charge is 0.233 e. The van der Waals surface area contributed by atoms with Crippen LogP contribution in [-0.2, 0) is 4.79 Å². The number of methoxy groups -OCH3 is 2. The molecule has 2 heterocycles. The Morgan fingerprint density at radius 1 is 1.18 bits per heavy atom. The Morgan fingerprint density at radius 3 is 2.54 bits per heavy atom. The van der Waals surface area contributed by atoms with Crippen molar-refractivity contribution in [3.8, 4) is 11.5 Å². The quantitative estimate of drug-likeness (QED) is 0.541. The van der Waals surface area contributed by atoms with Crippen LogP contribution in [0.1, 0.15) is 41.4 Å². The van der Waals surface area contributed by atoms with Gasteiger partial charge in [-0.3, -0.25) is 4.79 Å². The van der Waals surface area contributed by atoms with Crippen LogP contribution in [0.15, 0.2) is 23.4 Å². The summed E-state index contributed by atoms with van der Waals surface area (Å²) in [6.45, 7) is 6.71. The second-order valence-electron chi connectivity index (χ2n) is 6.94. The molecular weight excluding hydrogens is 374 g/mol. The summed E-state index contributed by atoms with van der Waals surface area (Å²) < 4.78 is 10.9. The van der Waals surface area contributed by atoms with Crippen LogP contribution in [0.5, 0.6) is 11.5 Å². The van der Waals surface area contributed by atoms with Gasteiger partial charge in [-0.15, -0.1) is 0 Å². The zero-order chi connectivity index (χ0) is 20.3. The molecule has 150 valence electrons. The van der Waals surface area contributed by atoms with Gasteiger partial charge in [-0.2, -0.15) is 0 Å².